The van der Waals surface area contributed by atoms with Crippen molar-refractivity contribution in [1.82, 2.24) is 4.90 Å². The van der Waals surface area contributed by atoms with E-state index in [-0.39, 0.29) is 18.8 Å². The van der Waals surface area contributed by atoms with Gasteiger partial charge in [-0.1, -0.05) is 23.8 Å². The predicted molar refractivity (Wildman–Crippen MR) is 110 cm³/mol. The van der Waals surface area contributed by atoms with E-state index in [4.69, 9.17) is 0 Å². The number of hydrogen-bond acceptors (Lipinski definition) is 3. The fraction of sp³-hybridized carbons (Fsp3) is 0.381. The number of carboxylic acids is 1. The van der Waals surface area contributed by atoms with E-state index in [0.717, 1.165) is 44.3 Å². The first-order valence-electron chi connectivity index (χ1n) is 8.93. The van der Waals surface area contributed by atoms with Crippen molar-refractivity contribution in [2.24, 2.45) is 0 Å². The van der Waals surface area contributed by atoms with Gasteiger partial charge < -0.3 is 10.0 Å². The number of aryl methyl sites for hydroxylation is 2. The molecule has 1 aromatic heterocycles. The topological polar surface area (TPSA) is 40.5 Å². The molecule has 1 N–H and O–H groups in total. The Morgan fingerprint density at radius 2 is 1.88 bits per heavy atom. The SMILES string of the molecule is CN1CCC(=C2c3cc(CC(=O)O)ccc3CCc3sccc32)CC1.Cl. The van der Waals surface area contributed by atoms with Crippen LogP contribution in [0, 0.1) is 0 Å². The zero-order valence-corrected chi connectivity index (χ0v) is 16.6. The summed E-state index contributed by atoms with van der Waals surface area (Å²) < 4.78 is 0. The minimum Gasteiger partial charge on any atom is -0.481 e. The Kier molecular flexibility index (Phi) is 5.86. The largest absolute Gasteiger partial charge is 0.481 e. The lowest BCUT2D eigenvalue weighted by Gasteiger charge is -2.27. The second-order valence-electron chi connectivity index (χ2n) is 7.10. The molecule has 0 radical (unpaired) electrons. The molecule has 2 aromatic rings. The molecule has 5 heteroatoms. The summed E-state index contributed by atoms with van der Waals surface area (Å²) in [6, 6.07) is 8.54. The van der Waals surface area contributed by atoms with Gasteiger partial charge in [-0.25, -0.2) is 0 Å². The number of carboxylic acid groups (broad SMARTS) is 1. The lowest BCUT2D eigenvalue weighted by Crippen LogP contribution is -2.27. The number of likely N-dealkylation sites (tertiary alicyclic amines) is 1. The first kappa shape index (κ1) is 19.2. The number of rotatable bonds is 2. The number of hydrogen-bond donors (Lipinski definition) is 1. The molecular formula is C21H24ClNO2S. The van der Waals surface area contributed by atoms with E-state index in [1.165, 1.54) is 32.7 Å². The zero-order chi connectivity index (χ0) is 17.4. The Morgan fingerprint density at radius 1 is 1.12 bits per heavy atom. The molecule has 3 nitrogen and oxygen atoms in total. The molecule has 1 saturated heterocycles. The van der Waals surface area contributed by atoms with Crippen LogP contribution in [0.15, 0.2) is 35.2 Å². The van der Waals surface area contributed by atoms with Gasteiger partial charge in [0.25, 0.3) is 0 Å². The molecule has 0 bridgehead atoms. The van der Waals surface area contributed by atoms with Crippen molar-refractivity contribution in [3.63, 3.8) is 0 Å². The summed E-state index contributed by atoms with van der Waals surface area (Å²) in [5.74, 6) is -0.765. The molecule has 0 saturated carbocycles. The molecule has 4 rings (SSSR count). The average Bonchev–Trinajstić information content (AvgIpc) is 2.98. The normalized spacial score (nSPS) is 17.1. The number of fused-ring (bicyclic) bond motifs is 2. The van der Waals surface area contributed by atoms with Gasteiger partial charge in [0.05, 0.1) is 6.42 Å². The van der Waals surface area contributed by atoms with Crippen molar-refractivity contribution in [2.45, 2.75) is 32.1 Å². The number of piperidine rings is 1. The Hall–Kier alpha value is -1.62. The first-order valence-corrected chi connectivity index (χ1v) is 9.81. The number of halogens is 1. The number of aliphatic carboxylic acids is 1. The standard InChI is InChI=1S/C21H23NO2S.ClH/c1-22-9-6-16(7-10-22)21-17-8-11-25-19(17)5-4-15-3-2-14(12-18(15)21)13-20(23)24;/h2-3,8,11-12H,4-7,9-10,13H2,1H3,(H,23,24);1H. The highest BCUT2D eigenvalue weighted by Gasteiger charge is 2.24. The molecule has 0 amide bonds. The third-order valence-corrected chi connectivity index (χ3v) is 6.36. The van der Waals surface area contributed by atoms with E-state index in [9.17, 15) is 9.90 Å². The van der Waals surface area contributed by atoms with Crippen molar-refractivity contribution in [3.8, 4) is 0 Å². The van der Waals surface area contributed by atoms with Crippen molar-refractivity contribution in [1.29, 1.82) is 0 Å². The maximum atomic E-state index is 11.2. The highest BCUT2D eigenvalue weighted by atomic mass is 35.5. The van der Waals surface area contributed by atoms with Gasteiger partial charge >= 0.3 is 5.97 Å². The first-order chi connectivity index (χ1) is 12.1. The van der Waals surface area contributed by atoms with Crippen molar-refractivity contribution in [3.05, 3.63) is 62.3 Å². The van der Waals surface area contributed by atoms with Gasteiger partial charge in [0.1, 0.15) is 0 Å². The number of benzene rings is 1. The molecule has 1 aliphatic heterocycles. The Balaban J connectivity index is 0.00000196. The third-order valence-electron chi connectivity index (χ3n) is 5.38. The van der Waals surface area contributed by atoms with Crippen molar-refractivity contribution < 1.29 is 9.90 Å². The van der Waals surface area contributed by atoms with E-state index in [1.54, 1.807) is 0 Å². The summed E-state index contributed by atoms with van der Waals surface area (Å²) in [4.78, 5) is 15.0. The summed E-state index contributed by atoms with van der Waals surface area (Å²) >= 11 is 1.85. The van der Waals surface area contributed by atoms with E-state index in [2.05, 4.69) is 35.5 Å². The Labute approximate surface area is 164 Å². The lowest BCUT2D eigenvalue weighted by molar-refractivity contribution is -0.136. The second-order valence-corrected chi connectivity index (χ2v) is 8.10. The summed E-state index contributed by atoms with van der Waals surface area (Å²) in [5, 5.41) is 11.4. The monoisotopic (exact) mass is 389 g/mol. The molecule has 138 valence electrons. The molecule has 1 aromatic carbocycles. The van der Waals surface area contributed by atoms with Gasteiger partial charge in [-0.2, -0.15) is 0 Å². The van der Waals surface area contributed by atoms with Gasteiger partial charge in [0, 0.05) is 18.0 Å². The molecular weight excluding hydrogens is 366 g/mol. The smallest absolute Gasteiger partial charge is 0.307 e. The van der Waals surface area contributed by atoms with Crippen LogP contribution in [0.4, 0.5) is 0 Å². The maximum Gasteiger partial charge on any atom is 0.307 e. The summed E-state index contributed by atoms with van der Waals surface area (Å²) in [6.45, 7) is 2.20. The fourth-order valence-electron chi connectivity index (χ4n) is 4.03. The van der Waals surface area contributed by atoms with Crippen LogP contribution in [0.3, 0.4) is 0 Å². The van der Waals surface area contributed by atoms with Crippen LogP contribution in [0.5, 0.6) is 0 Å². The number of nitrogens with zero attached hydrogens (tertiary/aromatic N) is 1. The van der Waals surface area contributed by atoms with E-state index in [1.807, 2.05) is 17.4 Å². The summed E-state index contributed by atoms with van der Waals surface area (Å²) in [5.41, 5.74) is 7.85. The van der Waals surface area contributed by atoms with Crippen LogP contribution in [-0.4, -0.2) is 36.1 Å². The van der Waals surface area contributed by atoms with E-state index >= 15 is 0 Å². The Bertz CT molecular complexity index is 845. The summed E-state index contributed by atoms with van der Waals surface area (Å²) in [7, 11) is 2.18. The van der Waals surface area contributed by atoms with Gasteiger partial charge in [0.2, 0.25) is 0 Å². The quantitative estimate of drug-likeness (QED) is 0.826. The predicted octanol–water partition coefficient (Wildman–Crippen LogP) is 4.42. The molecule has 2 aliphatic rings. The lowest BCUT2D eigenvalue weighted by atomic mass is 9.86. The molecule has 0 atom stereocenters. The van der Waals surface area contributed by atoms with Crippen LogP contribution >= 0.6 is 23.7 Å². The minimum absolute atomic E-state index is 0. The van der Waals surface area contributed by atoms with Crippen LogP contribution < -0.4 is 0 Å². The van der Waals surface area contributed by atoms with E-state index < -0.39 is 5.97 Å². The van der Waals surface area contributed by atoms with Crippen LogP contribution in [0.1, 0.15) is 40.0 Å². The maximum absolute atomic E-state index is 11.2. The molecule has 1 fully saturated rings. The second kappa shape index (κ2) is 7.95. The average molecular weight is 390 g/mol. The summed E-state index contributed by atoms with van der Waals surface area (Å²) in [6.07, 6.45) is 4.41. The van der Waals surface area contributed by atoms with Crippen LogP contribution in [0.2, 0.25) is 0 Å². The highest BCUT2D eigenvalue weighted by molar-refractivity contribution is 7.10. The molecule has 0 unspecified atom stereocenters. The van der Waals surface area contributed by atoms with Gasteiger partial charge in [-0.3, -0.25) is 4.79 Å². The van der Waals surface area contributed by atoms with Gasteiger partial charge in [-0.05, 0) is 72.0 Å². The molecule has 2 heterocycles. The number of thiophene rings is 1. The molecule has 1 aliphatic carbocycles. The van der Waals surface area contributed by atoms with Gasteiger partial charge in [0.15, 0.2) is 0 Å². The molecule has 26 heavy (non-hydrogen) atoms. The van der Waals surface area contributed by atoms with Crippen LogP contribution in [0.25, 0.3) is 5.57 Å². The van der Waals surface area contributed by atoms with Crippen LogP contribution in [-0.2, 0) is 24.1 Å². The fourth-order valence-corrected chi connectivity index (χ4v) is 4.91. The Morgan fingerprint density at radius 3 is 2.62 bits per heavy atom. The van der Waals surface area contributed by atoms with E-state index in [0.29, 0.717) is 0 Å². The highest BCUT2D eigenvalue weighted by Crippen LogP contribution is 2.40. The number of carbonyl (C=O) groups is 1. The van der Waals surface area contributed by atoms with Crippen molar-refractivity contribution in [2.75, 3.05) is 20.1 Å². The van der Waals surface area contributed by atoms with Gasteiger partial charge in [-0.15, -0.1) is 23.7 Å². The minimum atomic E-state index is -0.765. The molecule has 0 spiro atoms. The third kappa shape index (κ3) is 3.73. The van der Waals surface area contributed by atoms with Crippen molar-refractivity contribution >= 4 is 35.3 Å². The zero-order valence-electron chi connectivity index (χ0n) is 15.0.